The van der Waals surface area contributed by atoms with Gasteiger partial charge in [0.2, 0.25) is 11.7 Å². The van der Waals surface area contributed by atoms with Gasteiger partial charge in [0.1, 0.15) is 0 Å². The van der Waals surface area contributed by atoms with Crippen molar-refractivity contribution in [1.82, 2.24) is 10.2 Å². The van der Waals surface area contributed by atoms with Crippen LogP contribution in [0.3, 0.4) is 0 Å². The smallest absolute Gasteiger partial charge is 0.251 e. The zero-order valence-electron chi connectivity index (χ0n) is 16.7. The summed E-state index contributed by atoms with van der Waals surface area (Å²) >= 11 is 0. The second-order valence-electron chi connectivity index (χ2n) is 6.67. The summed E-state index contributed by atoms with van der Waals surface area (Å²) in [5, 5.41) is 3.04. The molecule has 0 aliphatic carbocycles. The van der Waals surface area contributed by atoms with Crippen LogP contribution in [0.1, 0.15) is 49.9 Å². The van der Waals surface area contributed by atoms with Gasteiger partial charge in [-0.1, -0.05) is 13.3 Å². The van der Waals surface area contributed by atoms with Gasteiger partial charge in [-0.15, -0.1) is 0 Å². The van der Waals surface area contributed by atoms with Gasteiger partial charge in [0.25, 0.3) is 5.91 Å². The van der Waals surface area contributed by atoms with Gasteiger partial charge in [-0.05, 0) is 31.4 Å². The van der Waals surface area contributed by atoms with Gasteiger partial charge in [0.15, 0.2) is 11.5 Å². The lowest BCUT2D eigenvalue weighted by Gasteiger charge is -2.31. The van der Waals surface area contributed by atoms with Gasteiger partial charge in [0.05, 0.1) is 20.8 Å². The van der Waals surface area contributed by atoms with Crippen LogP contribution in [0.15, 0.2) is 12.1 Å². The minimum Gasteiger partial charge on any atom is -0.493 e. The van der Waals surface area contributed by atoms with Crippen molar-refractivity contribution in [2.24, 2.45) is 0 Å². The van der Waals surface area contributed by atoms with E-state index in [1.54, 1.807) is 38.2 Å². The van der Waals surface area contributed by atoms with Crippen LogP contribution in [0.25, 0.3) is 0 Å². The first kappa shape index (κ1) is 20.9. The molecule has 1 aromatic carbocycles. The molecule has 150 valence electrons. The molecule has 1 N–H and O–H groups in total. The van der Waals surface area contributed by atoms with Crippen LogP contribution in [0, 0.1) is 0 Å². The Labute approximate surface area is 161 Å². The molecule has 0 radical (unpaired) electrons. The summed E-state index contributed by atoms with van der Waals surface area (Å²) in [6.45, 7) is 5.55. The number of methoxy groups -OCH3 is 2. The zero-order valence-corrected chi connectivity index (χ0v) is 16.7. The Bertz CT molecular complexity index is 629. The molecule has 0 saturated carbocycles. The third-order valence-corrected chi connectivity index (χ3v) is 4.74. The number of unbranched alkanes of at least 4 members (excludes halogenated alkanes) is 1. The summed E-state index contributed by atoms with van der Waals surface area (Å²) in [7, 11) is 3.08. The molecule has 1 saturated heterocycles. The van der Waals surface area contributed by atoms with Crippen molar-refractivity contribution in [2.75, 3.05) is 33.9 Å². The van der Waals surface area contributed by atoms with Crippen molar-refractivity contribution in [3.8, 4) is 17.2 Å². The van der Waals surface area contributed by atoms with Crippen molar-refractivity contribution >= 4 is 11.8 Å². The Kier molecular flexibility index (Phi) is 7.76. The average Bonchev–Trinajstić information content (AvgIpc) is 2.68. The van der Waals surface area contributed by atoms with E-state index in [2.05, 4.69) is 12.2 Å². The molecule has 27 heavy (non-hydrogen) atoms. The van der Waals surface area contributed by atoms with E-state index in [-0.39, 0.29) is 17.9 Å². The fraction of sp³-hybridized carbons (Fsp3) is 0.600. The van der Waals surface area contributed by atoms with Crippen LogP contribution >= 0.6 is 0 Å². The molecule has 0 spiro atoms. The fourth-order valence-corrected chi connectivity index (χ4v) is 3.08. The maximum Gasteiger partial charge on any atom is 0.251 e. The highest BCUT2D eigenvalue weighted by molar-refractivity contribution is 5.95. The van der Waals surface area contributed by atoms with Crippen LogP contribution < -0.4 is 19.5 Å². The highest BCUT2D eigenvalue weighted by atomic mass is 16.5. The predicted octanol–water partition coefficient (Wildman–Crippen LogP) is 2.62. The van der Waals surface area contributed by atoms with Gasteiger partial charge in [-0.2, -0.15) is 0 Å². The van der Waals surface area contributed by atoms with E-state index < -0.39 is 0 Å². The number of carbonyl (C=O) groups is 2. The van der Waals surface area contributed by atoms with E-state index in [0.29, 0.717) is 42.5 Å². The second kappa shape index (κ2) is 10.0. The number of benzene rings is 1. The van der Waals surface area contributed by atoms with Crippen molar-refractivity contribution < 1.29 is 23.8 Å². The fourth-order valence-electron chi connectivity index (χ4n) is 3.08. The van der Waals surface area contributed by atoms with E-state index >= 15 is 0 Å². The third-order valence-electron chi connectivity index (χ3n) is 4.74. The molecule has 2 rings (SSSR count). The standard InChI is InChI=1S/C20H30N2O5/c1-5-6-11-27-19-17(25-3)12-15(13-18(19)26-4)20(24)21-16-7-9-22(10-8-16)14(2)23/h12-13,16H,5-11H2,1-4H3,(H,21,24). The Morgan fingerprint density at radius 2 is 1.74 bits per heavy atom. The minimum absolute atomic E-state index is 0.0468. The number of hydrogen-bond acceptors (Lipinski definition) is 5. The Balaban J connectivity index is 2.08. The Morgan fingerprint density at radius 3 is 2.22 bits per heavy atom. The van der Waals surface area contributed by atoms with Gasteiger partial charge in [-0.25, -0.2) is 0 Å². The summed E-state index contributed by atoms with van der Waals surface area (Å²) in [6.07, 6.45) is 3.44. The first-order valence-electron chi connectivity index (χ1n) is 9.45. The topological polar surface area (TPSA) is 77.1 Å². The van der Waals surface area contributed by atoms with E-state index in [1.165, 1.54) is 0 Å². The summed E-state index contributed by atoms with van der Waals surface area (Å²) in [5.74, 6) is 1.35. The summed E-state index contributed by atoms with van der Waals surface area (Å²) in [5.41, 5.74) is 0.459. The number of rotatable bonds is 8. The molecule has 0 atom stereocenters. The predicted molar refractivity (Wildman–Crippen MR) is 103 cm³/mol. The first-order chi connectivity index (χ1) is 13.0. The molecular weight excluding hydrogens is 348 g/mol. The lowest BCUT2D eigenvalue weighted by molar-refractivity contribution is -0.129. The van der Waals surface area contributed by atoms with E-state index in [9.17, 15) is 9.59 Å². The molecule has 2 amide bonds. The van der Waals surface area contributed by atoms with Crippen molar-refractivity contribution in [2.45, 2.75) is 45.6 Å². The number of hydrogen-bond donors (Lipinski definition) is 1. The number of ether oxygens (including phenoxy) is 3. The van der Waals surface area contributed by atoms with Crippen LogP contribution in [-0.2, 0) is 4.79 Å². The van der Waals surface area contributed by atoms with Gasteiger partial charge in [0, 0.05) is 31.6 Å². The Morgan fingerprint density at radius 1 is 1.15 bits per heavy atom. The number of likely N-dealkylation sites (tertiary alicyclic amines) is 1. The highest BCUT2D eigenvalue weighted by Crippen LogP contribution is 2.38. The van der Waals surface area contributed by atoms with Gasteiger partial charge in [-0.3, -0.25) is 9.59 Å². The molecule has 1 aliphatic rings. The second-order valence-corrected chi connectivity index (χ2v) is 6.67. The van der Waals surface area contributed by atoms with Crippen LogP contribution in [0.2, 0.25) is 0 Å². The molecular formula is C20H30N2O5. The molecule has 1 fully saturated rings. The van der Waals surface area contributed by atoms with Gasteiger partial charge < -0.3 is 24.4 Å². The minimum atomic E-state index is -0.187. The monoisotopic (exact) mass is 378 g/mol. The van der Waals surface area contributed by atoms with E-state index in [4.69, 9.17) is 14.2 Å². The molecule has 7 heteroatoms. The van der Waals surface area contributed by atoms with Crippen LogP contribution in [0.4, 0.5) is 0 Å². The zero-order chi connectivity index (χ0) is 19.8. The molecule has 1 aromatic rings. The number of carbonyl (C=O) groups excluding carboxylic acids is 2. The number of amides is 2. The number of nitrogens with one attached hydrogen (secondary N) is 1. The normalized spacial score (nSPS) is 14.6. The maximum absolute atomic E-state index is 12.7. The lowest BCUT2D eigenvalue weighted by Crippen LogP contribution is -2.46. The first-order valence-corrected chi connectivity index (χ1v) is 9.45. The number of nitrogens with zero attached hydrogens (tertiary/aromatic N) is 1. The highest BCUT2D eigenvalue weighted by Gasteiger charge is 2.24. The maximum atomic E-state index is 12.7. The summed E-state index contributed by atoms with van der Waals surface area (Å²) < 4.78 is 16.6. The van der Waals surface area contributed by atoms with Crippen LogP contribution in [-0.4, -0.2) is 56.7 Å². The van der Waals surface area contributed by atoms with Crippen molar-refractivity contribution in [1.29, 1.82) is 0 Å². The molecule has 7 nitrogen and oxygen atoms in total. The number of piperidine rings is 1. The third kappa shape index (κ3) is 5.52. The average molecular weight is 378 g/mol. The molecule has 0 bridgehead atoms. The largest absolute Gasteiger partial charge is 0.493 e. The summed E-state index contributed by atoms with van der Waals surface area (Å²) in [4.78, 5) is 25.9. The molecule has 1 aliphatic heterocycles. The SMILES string of the molecule is CCCCOc1c(OC)cc(C(=O)NC2CCN(C(C)=O)CC2)cc1OC. The quantitative estimate of drug-likeness (QED) is 0.704. The molecule has 0 unspecified atom stereocenters. The molecule has 0 aromatic heterocycles. The van der Waals surface area contributed by atoms with Crippen LogP contribution in [0.5, 0.6) is 17.2 Å². The van der Waals surface area contributed by atoms with E-state index in [1.807, 2.05) is 0 Å². The Hall–Kier alpha value is -2.44. The summed E-state index contributed by atoms with van der Waals surface area (Å²) in [6, 6.07) is 3.39. The lowest BCUT2D eigenvalue weighted by atomic mass is 10.0. The van der Waals surface area contributed by atoms with Crippen molar-refractivity contribution in [3.05, 3.63) is 17.7 Å². The van der Waals surface area contributed by atoms with E-state index in [0.717, 1.165) is 25.7 Å². The van der Waals surface area contributed by atoms with Crippen molar-refractivity contribution in [3.63, 3.8) is 0 Å². The van der Waals surface area contributed by atoms with Gasteiger partial charge >= 0.3 is 0 Å². The molecule has 1 heterocycles.